The van der Waals surface area contributed by atoms with Crippen LogP contribution in [0.5, 0.6) is 0 Å². The third-order valence-electron chi connectivity index (χ3n) is 3.40. The van der Waals surface area contributed by atoms with Crippen molar-refractivity contribution in [1.29, 1.82) is 0 Å². The van der Waals surface area contributed by atoms with Crippen LogP contribution in [0.4, 0.5) is 0 Å². The Bertz CT molecular complexity index is 364. The molecule has 1 amide bonds. The maximum atomic E-state index is 11.5. The summed E-state index contributed by atoms with van der Waals surface area (Å²) in [5.41, 5.74) is 6.71. The van der Waals surface area contributed by atoms with Gasteiger partial charge in [0.25, 0.3) is 0 Å². The minimum absolute atomic E-state index is 0.254. The average Bonchev–Trinajstić information content (AvgIpc) is 2.38. The first kappa shape index (κ1) is 14.7. The summed E-state index contributed by atoms with van der Waals surface area (Å²) in [4.78, 5) is 11.5. The molecule has 3 nitrogen and oxygen atoms in total. The maximum Gasteiger partial charge on any atom is 0.234 e. The van der Waals surface area contributed by atoms with Gasteiger partial charge in [-0.3, -0.25) is 4.79 Å². The quantitative estimate of drug-likeness (QED) is 0.778. The molecule has 0 fully saturated rings. The molecule has 0 radical (unpaired) electrons. The Morgan fingerprint density at radius 1 is 1.28 bits per heavy atom. The summed E-state index contributed by atoms with van der Waals surface area (Å²) in [7, 11) is 0. The van der Waals surface area contributed by atoms with Crippen molar-refractivity contribution < 1.29 is 4.79 Å². The van der Waals surface area contributed by atoms with Gasteiger partial charge in [0.15, 0.2) is 0 Å². The van der Waals surface area contributed by atoms with Gasteiger partial charge in [-0.15, -0.1) is 0 Å². The number of amides is 1. The van der Waals surface area contributed by atoms with E-state index in [0.717, 1.165) is 12.8 Å². The normalized spacial score (nSPS) is 15.9. The zero-order valence-corrected chi connectivity index (χ0v) is 11.5. The zero-order valence-electron chi connectivity index (χ0n) is 11.5. The van der Waals surface area contributed by atoms with Gasteiger partial charge in [0, 0.05) is 6.04 Å². The van der Waals surface area contributed by atoms with Gasteiger partial charge in [0.2, 0.25) is 5.91 Å². The molecule has 3 atom stereocenters. The summed E-state index contributed by atoms with van der Waals surface area (Å²) in [6, 6.07) is 10.3. The van der Waals surface area contributed by atoms with E-state index in [0.29, 0.717) is 12.0 Å². The van der Waals surface area contributed by atoms with Gasteiger partial charge >= 0.3 is 0 Å². The summed E-state index contributed by atoms with van der Waals surface area (Å²) in [5, 5.41) is 3.29. The lowest BCUT2D eigenvalue weighted by Crippen LogP contribution is -2.45. The fourth-order valence-electron chi connectivity index (χ4n) is 2.00. The Labute approximate surface area is 110 Å². The molecule has 1 aromatic carbocycles. The Balaban J connectivity index is 2.64. The molecule has 3 unspecified atom stereocenters. The molecular weight excluding hydrogens is 224 g/mol. The van der Waals surface area contributed by atoms with E-state index in [1.54, 1.807) is 0 Å². The standard InChI is InChI=1S/C15H24N2O/c1-4-12(3)17-14(15(16)18)10-11(2)13-8-6-5-7-9-13/h5-9,11-12,14,17H,4,10H2,1-3H3,(H2,16,18). The van der Waals surface area contributed by atoms with Crippen LogP contribution in [0.3, 0.4) is 0 Å². The predicted molar refractivity (Wildman–Crippen MR) is 75.3 cm³/mol. The van der Waals surface area contributed by atoms with E-state index in [1.807, 2.05) is 18.2 Å². The Morgan fingerprint density at radius 2 is 1.89 bits per heavy atom. The van der Waals surface area contributed by atoms with E-state index in [9.17, 15) is 4.79 Å². The molecule has 1 aromatic rings. The number of benzene rings is 1. The molecule has 0 aliphatic carbocycles. The topological polar surface area (TPSA) is 55.1 Å². The highest BCUT2D eigenvalue weighted by atomic mass is 16.1. The molecule has 0 saturated heterocycles. The zero-order chi connectivity index (χ0) is 13.5. The first-order valence-corrected chi connectivity index (χ1v) is 6.64. The number of carbonyl (C=O) groups excluding carboxylic acids is 1. The molecular formula is C15H24N2O. The van der Waals surface area contributed by atoms with Crippen LogP contribution in [0.25, 0.3) is 0 Å². The summed E-state index contributed by atoms with van der Waals surface area (Å²) in [6.07, 6.45) is 1.73. The van der Waals surface area contributed by atoms with E-state index >= 15 is 0 Å². The second-order valence-electron chi connectivity index (χ2n) is 4.98. The molecule has 18 heavy (non-hydrogen) atoms. The molecule has 0 aromatic heterocycles. The molecule has 3 N–H and O–H groups in total. The monoisotopic (exact) mass is 248 g/mol. The second-order valence-corrected chi connectivity index (χ2v) is 4.98. The van der Waals surface area contributed by atoms with E-state index in [-0.39, 0.29) is 11.9 Å². The predicted octanol–water partition coefficient (Wildman–Crippen LogP) is 2.42. The van der Waals surface area contributed by atoms with E-state index in [4.69, 9.17) is 5.73 Å². The highest BCUT2D eigenvalue weighted by Crippen LogP contribution is 2.20. The number of hydrogen-bond acceptors (Lipinski definition) is 2. The number of nitrogens with one attached hydrogen (secondary N) is 1. The van der Waals surface area contributed by atoms with Crippen molar-refractivity contribution in [2.45, 2.75) is 51.6 Å². The van der Waals surface area contributed by atoms with Crippen LogP contribution in [0.2, 0.25) is 0 Å². The maximum absolute atomic E-state index is 11.5. The molecule has 0 saturated carbocycles. The summed E-state index contributed by atoms with van der Waals surface area (Å²) in [6.45, 7) is 6.29. The molecule has 3 heteroatoms. The molecule has 0 spiro atoms. The number of nitrogens with two attached hydrogens (primary N) is 1. The summed E-state index contributed by atoms with van der Waals surface area (Å²) < 4.78 is 0. The number of primary amides is 1. The largest absolute Gasteiger partial charge is 0.368 e. The first-order chi connectivity index (χ1) is 8.54. The fourth-order valence-corrected chi connectivity index (χ4v) is 2.00. The Hall–Kier alpha value is -1.35. The molecule has 0 heterocycles. The van der Waals surface area contributed by atoms with E-state index in [1.165, 1.54) is 5.56 Å². The second kappa shape index (κ2) is 7.17. The lowest BCUT2D eigenvalue weighted by molar-refractivity contribution is -0.120. The van der Waals surface area contributed by atoms with Crippen molar-refractivity contribution in [3.05, 3.63) is 35.9 Å². The van der Waals surface area contributed by atoms with Gasteiger partial charge in [0.1, 0.15) is 0 Å². The van der Waals surface area contributed by atoms with Crippen molar-refractivity contribution in [3.8, 4) is 0 Å². The minimum atomic E-state index is -0.266. The third-order valence-corrected chi connectivity index (χ3v) is 3.40. The molecule has 100 valence electrons. The number of rotatable bonds is 7. The summed E-state index contributed by atoms with van der Waals surface area (Å²) >= 11 is 0. The van der Waals surface area contributed by atoms with Crippen LogP contribution in [0.1, 0.15) is 45.1 Å². The van der Waals surface area contributed by atoms with Crippen LogP contribution in [0, 0.1) is 0 Å². The fraction of sp³-hybridized carbons (Fsp3) is 0.533. The van der Waals surface area contributed by atoms with Crippen LogP contribution in [-0.2, 0) is 4.79 Å². The van der Waals surface area contributed by atoms with Crippen molar-refractivity contribution in [2.75, 3.05) is 0 Å². The summed E-state index contributed by atoms with van der Waals surface area (Å²) in [5.74, 6) is 0.0540. The van der Waals surface area contributed by atoms with Gasteiger partial charge < -0.3 is 11.1 Å². The Kier molecular flexibility index (Phi) is 5.86. The first-order valence-electron chi connectivity index (χ1n) is 6.64. The van der Waals surface area contributed by atoms with Crippen LogP contribution >= 0.6 is 0 Å². The van der Waals surface area contributed by atoms with Gasteiger partial charge in [-0.2, -0.15) is 0 Å². The average molecular weight is 248 g/mol. The molecule has 1 rings (SSSR count). The van der Waals surface area contributed by atoms with Crippen molar-refractivity contribution in [2.24, 2.45) is 5.73 Å². The SMILES string of the molecule is CCC(C)NC(CC(C)c1ccccc1)C(N)=O. The van der Waals surface area contributed by atoms with Crippen LogP contribution in [0.15, 0.2) is 30.3 Å². The van der Waals surface area contributed by atoms with Gasteiger partial charge in [-0.05, 0) is 31.2 Å². The van der Waals surface area contributed by atoms with Gasteiger partial charge in [0.05, 0.1) is 6.04 Å². The molecule has 0 aliphatic rings. The third kappa shape index (κ3) is 4.49. The van der Waals surface area contributed by atoms with E-state index in [2.05, 4.69) is 38.2 Å². The van der Waals surface area contributed by atoms with E-state index < -0.39 is 0 Å². The smallest absolute Gasteiger partial charge is 0.234 e. The molecule has 0 bridgehead atoms. The van der Waals surface area contributed by atoms with Crippen LogP contribution in [-0.4, -0.2) is 18.0 Å². The number of carbonyl (C=O) groups is 1. The number of hydrogen-bond donors (Lipinski definition) is 2. The highest BCUT2D eigenvalue weighted by molar-refractivity contribution is 5.79. The highest BCUT2D eigenvalue weighted by Gasteiger charge is 2.20. The van der Waals surface area contributed by atoms with Gasteiger partial charge in [-0.1, -0.05) is 44.2 Å². The van der Waals surface area contributed by atoms with Crippen molar-refractivity contribution in [1.82, 2.24) is 5.32 Å². The Morgan fingerprint density at radius 3 is 2.39 bits per heavy atom. The van der Waals surface area contributed by atoms with Crippen molar-refractivity contribution >= 4 is 5.91 Å². The minimum Gasteiger partial charge on any atom is -0.368 e. The molecule has 0 aliphatic heterocycles. The van der Waals surface area contributed by atoms with Crippen LogP contribution < -0.4 is 11.1 Å². The lowest BCUT2D eigenvalue weighted by Gasteiger charge is -2.23. The van der Waals surface area contributed by atoms with Crippen molar-refractivity contribution in [3.63, 3.8) is 0 Å². The van der Waals surface area contributed by atoms with Gasteiger partial charge in [-0.25, -0.2) is 0 Å². The lowest BCUT2D eigenvalue weighted by atomic mass is 9.93.